The minimum atomic E-state index is -1.11. The highest BCUT2D eigenvalue weighted by atomic mass is 32.2. The van der Waals surface area contributed by atoms with Gasteiger partial charge < -0.3 is 26.4 Å². The molecule has 40 heavy (non-hydrogen) atoms. The predicted octanol–water partition coefficient (Wildman–Crippen LogP) is 1.67. The first kappa shape index (κ1) is 33.1. The molecule has 1 saturated heterocycles. The molecule has 0 spiro atoms. The summed E-state index contributed by atoms with van der Waals surface area (Å²) in [5, 5.41) is 8.27. The van der Waals surface area contributed by atoms with Crippen molar-refractivity contribution in [2.75, 3.05) is 18.1 Å². The van der Waals surface area contributed by atoms with Gasteiger partial charge in [0, 0.05) is 36.5 Å². The maximum atomic E-state index is 13.5. The number of esters is 1. The Morgan fingerprint density at radius 1 is 1.05 bits per heavy atom. The smallest absolute Gasteiger partial charge is 0.330 e. The molecule has 1 aliphatic heterocycles. The number of hydrogen-bond acceptors (Lipinski definition) is 8. The number of ether oxygens (including phenoxy) is 1. The second-order valence-electron chi connectivity index (χ2n) is 9.43. The summed E-state index contributed by atoms with van der Waals surface area (Å²) < 4.78 is 18.1. The summed E-state index contributed by atoms with van der Waals surface area (Å²) in [6, 6.07) is 2.72. The number of halogens is 1. The minimum absolute atomic E-state index is 0.0229. The first-order valence-electron chi connectivity index (χ1n) is 13.0. The Morgan fingerprint density at radius 2 is 1.70 bits per heavy atom. The Balaban J connectivity index is 2.24. The van der Waals surface area contributed by atoms with Gasteiger partial charge in [0.1, 0.15) is 22.5 Å². The van der Waals surface area contributed by atoms with Gasteiger partial charge >= 0.3 is 5.97 Å². The molecular formula is C27H37FN4O6S2. The van der Waals surface area contributed by atoms with Crippen LogP contribution in [0.5, 0.6) is 0 Å². The Bertz CT molecular complexity index is 1060. The van der Waals surface area contributed by atoms with Crippen LogP contribution in [0.15, 0.2) is 36.4 Å². The second kappa shape index (κ2) is 16.9. The Morgan fingerprint density at radius 3 is 2.27 bits per heavy atom. The molecule has 13 heteroatoms. The van der Waals surface area contributed by atoms with E-state index in [0.29, 0.717) is 5.56 Å². The summed E-state index contributed by atoms with van der Waals surface area (Å²) in [6.45, 7) is 5.39. The van der Waals surface area contributed by atoms with E-state index in [1.54, 1.807) is 20.8 Å². The van der Waals surface area contributed by atoms with Crippen LogP contribution in [0.1, 0.15) is 39.2 Å². The highest BCUT2D eigenvalue weighted by Gasteiger charge is 2.32. The van der Waals surface area contributed by atoms with Gasteiger partial charge in [-0.15, -0.1) is 23.5 Å². The summed E-state index contributed by atoms with van der Waals surface area (Å²) in [6.07, 6.45) is 2.60. The number of hydrogen-bond donors (Lipinski definition) is 4. The van der Waals surface area contributed by atoms with Gasteiger partial charge in [-0.25, -0.2) is 9.18 Å². The molecule has 0 saturated carbocycles. The van der Waals surface area contributed by atoms with E-state index < -0.39 is 47.6 Å². The van der Waals surface area contributed by atoms with Crippen LogP contribution in [0.3, 0.4) is 0 Å². The number of nitrogens with one attached hydrogen (secondary N) is 3. The molecule has 4 amide bonds. The lowest BCUT2D eigenvalue weighted by Gasteiger charge is -2.27. The van der Waals surface area contributed by atoms with Crippen LogP contribution in [-0.2, 0) is 35.1 Å². The predicted molar refractivity (Wildman–Crippen MR) is 154 cm³/mol. The van der Waals surface area contributed by atoms with Gasteiger partial charge in [-0.2, -0.15) is 0 Å². The van der Waals surface area contributed by atoms with Gasteiger partial charge in [-0.1, -0.05) is 32.1 Å². The van der Waals surface area contributed by atoms with Gasteiger partial charge in [0.15, 0.2) is 0 Å². The zero-order valence-electron chi connectivity index (χ0n) is 22.8. The molecule has 0 bridgehead atoms. The highest BCUT2D eigenvalue weighted by molar-refractivity contribution is 8.21. The van der Waals surface area contributed by atoms with Gasteiger partial charge in [-0.05, 0) is 37.0 Å². The average molecular weight is 597 g/mol. The van der Waals surface area contributed by atoms with Crippen LogP contribution in [0.2, 0.25) is 0 Å². The molecule has 5 N–H and O–H groups in total. The summed E-state index contributed by atoms with van der Waals surface area (Å²) in [4.78, 5) is 62.7. The summed E-state index contributed by atoms with van der Waals surface area (Å²) >= 11 is 3.03. The van der Waals surface area contributed by atoms with Crippen molar-refractivity contribution in [3.63, 3.8) is 0 Å². The van der Waals surface area contributed by atoms with E-state index in [2.05, 4.69) is 16.0 Å². The lowest BCUT2D eigenvalue weighted by Crippen LogP contribution is -2.57. The van der Waals surface area contributed by atoms with Crippen LogP contribution >= 0.6 is 23.5 Å². The Kier molecular flexibility index (Phi) is 14.0. The van der Waals surface area contributed by atoms with Crippen molar-refractivity contribution in [3.05, 3.63) is 47.8 Å². The lowest BCUT2D eigenvalue weighted by atomic mass is 10.0. The summed E-state index contributed by atoms with van der Waals surface area (Å²) in [7, 11) is 0. The van der Waals surface area contributed by atoms with E-state index in [1.165, 1.54) is 53.9 Å². The SMILES string of the molecule is CCOC(=O)/C=C/C(CCC(N)=O)NC(=O)C(Cc1ccc(F)cc1)NC(=O)C(NC(=O)C1SCCS1)C(C)C. The van der Waals surface area contributed by atoms with Crippen LogP contribution in [-0.4, -0.2) is 70.4 Å². The van der Waals surface area contributed by atoms with Gasteiger partial charge in [-0.3, -0.25) is 19.2 Å². The highest BCUT2D eigenvalue weighted by Crippen LogP contribution is 2.32. The minimum Gasteiger partial charge on any atom is -0.463 e. The fraction of sp³-hybridized carbons (Fsp3) is 0.519. The molecule has 3 atom stereocenters. The average Bonchev–Trinajstić information content (AvgIpc) is 3.44. The first-order valence-corrected chi connectivity index (χ1v) is 15.1. The van der Waals surface area contributed by atoms with E-state index in [9.17, 15) is 28.4 Å². The third-order valence-corrected chi connectivity index (χ3v) is 8.84. The molecule has 0 aliphatic carbocycles. The molecule has 1 heterocycles. The number of nitrogens with two attached hydrogens (primary N) is 1. The number of primary amides is 1. The summed E-state index contributed by atoms with van der Waals surface area (Å²) in [5.41, 5.74) is 5.85. The second-order valence-corrected chi connectivity index (χ2v) is 12.2. The Labute approximate surface area is 242 Å². The number of thioether (sulfide) groups is 2. The fourth-order valence-electron chi connectivity index (χ4n) is 3.78. The standard InChI is InChI=1S/C27H37FN4O6S2/c1-4-38-22(34)12-10-19(9-11-21(29)33)30-24(35)20(15-17-5-7-18(28)8-6-17)31-25(36)23(16(2)3)32-26(37)27-39-13-14-40-27/h5-8,10,12,16,19-20,23,27H,4,9,11,13-15H2,1-3H3,(H2,29,33)(H,30,35)(H,31,36)(H,32,37)/b12-10+. The lowest BCUT2D eigenvalue weighted by molar-refractivity contribution is -0.137. The van der Waals surface area contributed by atoms with E-state index in [1.807, 2.05) is 0 Å². The molecule has 220 valence electrons. The quantitative estimate of drug-likeness (QED) is 0.176. The number of amides is 4. The molecule has 10 nitrogen and oxygen atoms in total. The number of carbonyl (C=O) groups is 5. The Hall–Kier alpha value is -3.06. The van der Waals surface area contributed by atoms with Crippen LogP contribution in [0.25, 0.3) is 0 Å². The molecule has 0 radical (unpaired) electrons. The molecular weight excluding hydrogens is 559 g/mol. The normalized spacial score (nSPS) is 15.8. The zero-order chi connectivity index (χ0) is 29.7. The summed E-state index contributed by atoms with van der Waals surface area (Å²) in [5.74, 6) is -1.63. The van der Waals surface area contributed by atoms with Crippen molar-refractivity contribution in [2.45, 2.75) is 62.7 Å². The van der Waals surface area contributed by atoms with Crippen molar-refractivity contribution >= 4 is 53.1 Å². The zero-order valence-corrected chi connectivity index (χ0v) is 24.4. The van der Waals surface area contributed by atoms with Crippen LogP contribution < -0.4 is 21.7 Å². The van der Waals surface area contributed by atoms with Gasteiger partial charge in [0.2, 0.25) is 23.6 Å². The molecule has 1 fully saturated rings. The molecule has 2 rings (SSSR count). The van der Waals surface area contributed by atoms with Crippen molar-refractivity contribution < 1.29 is 33.1 Å². The number of rotatable bonds is 15. The van der Waals surface area contributed by atoms with Crippen LogP contribution in [0.4, 0.5) is 4.39 Å². The maximum Gasteiger partial charge on any atom is 0.330 e. The van der Waals surface area contributed by atoms with E-state index >= 15 is 0 Å². The van der Waals surface area contributed by atoms with E-state index in [-0.39, 0.29) is 42.3 Å². The number of benzene rings is 1. The van der Waals surface area contributed by atoms with Crippen LogP contribution in [0, 0.1) is 11.7 Å². The third-order valence-electron chi connectivity index (χ3n) is 5.85. The molecule has 1 aromatic carbocycles. The van der Waals surface area contributed by atoms with Crippen molar-refractivity contribution in [3.8, 4) is 0 Å². The van der Waals surface area contributed by atoms with Gasteiger partial charge in [0.25, 0.3) is 0 Å². The monoisotopic (exact) mass is 596 g/mol. The molecule has 0 aromatic heterocycles. The first-order chi connectivity index (χ1) is 19.0. The van der Waals surface area contributed by atoms with Crippen molar-refractivity contribution in [1.82, 2.24) is 16.0 Å². The van der Waals surface area contributed by atoms with E-state index in [0.717, 1.165) is 17.6 Å². The van der Waals surface area contributed by atoms with Crippen molar-refractivity contribution in [1.29, 1.82) is 0 Å². The largest absolute Gasteiger partial charge is 0.463 e. The van der Waals surface area contributed by atoms with Crippen molar-refractivity contribution in [2.24, 2.45) is 11.7 Å². The molecule has 3 unspecified atom stereocenters. The third kappa shape index (κ3) is 11.6. The van der Waals surface area contributed by atoms with E-state index in [4.69, 9.17) is 10.5 Å². The topological polar surface area (TPSA) is 157 Å². The maximum absolute atomic E-state index is 13.5. The molecule has 1 aliphatic rings. The fourth-order valence-corrected chi connectivity index (χ4v) is 6.37. The number of carbonyl (C=O) groups excluding carboxylic acids is 5. The van der Waals surface area contributed by atoms with Gasteiger partial charge in [0.05, 0.1) is 6.61 Å². The molecule has 1 aromatic rings.